The minimum Gasteiger partial charge on any atom is -0.370 e. The van der Waals surface area contributed by atoms with E-state index in [1.54, 1.807) is 11.3 Å². The topological polar surface area (TPSA) is 66.0 Å². The van der Waals surface area contributed by atoms with E-state index in [9.17, 15) is 0 Å². The quantitative estimate of drug-likeness (QED) is 0.836. The molecule has 1 unspecified atom stereocenters. The van der Waals surface area contributed by atoms with Crippen LogP contribution in [0.2, 0.25) is 0 Å². The van der Waals surface area contributed by atoms with Crippen molar-refractivity contribution in [3.05, 3.63) is 22.4 Å². The van der Waals surface area contributed by atoms with Crippen molar-refractivity contribution in [3.8, 4) is 0 Å². The van der Waals surface area contributed by atoms with E-state index in [-0.39, 0.29) is 6.17 Å². The molecule has 2 rings (SSSR count). The number of rotatable bonds is 3. The van der Waals surface area contributed by atoms with Crippen molar-refractivity contribution in [1.29, 1.82) is 0 Å². The maximum absolute atomic E-state index is 5.68. The number of aliphatic imine (C=N–C) groups is 2. The first-order valence-corrected chi connectivity index (χ1v) is 6.45. The predicted octanol–water partition coefficient (Wildman–Crippen LogP) is 0.842. The number of guanidine groups is 2. The van der Waals surface area contributed by atoms with Gasteiger partial charge in [-0.15, -0.1) is 11.3 Å². The fraction of sp³-hybridized carbons (Fsp3) is 0.455. The van der Waals surface area contributed by atoms with Crippen molar-refractivity contribution in [2.24, 2.45) is 15.7 Å². The third kappa shape index (κ3) is 3.20. The van der Waals surface area contributed by atoms with Gasteiger partial charge in [-0.3, -0.25) is 5.32 Å². The Morgan fingerprint density at radius 3 is 3.00 bits per heavy atom. The minimum absolute atomic E-state index is 0.101. The molecule has 1 atom stereocenters. The molecule has 1 aromatic rings. The molecule has 0 aromatic carbocycles. The van der Waals surface area contributed by atoms with Gasteiger partial charge in [-0.1, -0.05) is 6.07 Å². The highest BCUT2D eigenvalue weighted by Gasteiger charge is 2.14. The predicted molar refractivity (Wildman–Crippen MR) is 72.3 cm³/mol. The maximum atomic E-state index is 5.68. The highest BCUT2D eigenvalue weighted by molar-refractivity contribution is 7.09. The standard InChI is InChI=1S/C11H17N5S/c1-8-13-10(12)15-11(14-8)16(2)6-5-9-4-3-7-17-9/h3-4,7-8H,5-6H2,1-2H3,(H3,12,13,14,15). The highest BCUT2D eigenvalue weighted by Crippen LogP contribution is 2.09. The number of thiophene rings is 1. The van der Waals surface area contributed by atoms with Gasteiger partial charge in [0.25, 0.3) is 0 Å². The molecule has 1 aromatic heterocycles. The van der Waals surface area contributed by atoms with Gasteiger partial charge in [0.2, 0.25) is 5.96 Å². The molecule has 0 radical (unpaired) electrons. The summed E-state index contributed by atoms with van der Waals surface area (Å²) >= 11 is 1.78. The fourth-order valence-corrected chi connectivity index (χ4v) is 2.32. The smallest absolute Gasteiger partial charge is 0.202 e. The zero-order valence-corrected chi connectivity index (χ0v) is 10.9. The average Bonchev–Trinajstić information content (AvgIpc) is 2.77. The molecule has 5 nitrogen and oxygen atoms in total. The summed E-state index contributed by atoms with van der Waals surface area (Å²) in [6.07, 6.45) is 0.913. The van der Waals surface area contributed by atoms with Crippen molar-refractivity contribution in [2.45, 2.75) is 19.5 Å². The van der Waals surface area contributed by atoms with Gasteiger partial charge >= 0.3 is 0 Å². The third-order valence-electron chi connectivity index (χ3n) is 2.51. The average molecular weight is 251 g/mol. The molecular formula is C11H17N5S. The monoisotopic (exact) mass is 251 g/mol. The first kappa shape index (κ1) is 11.9. The van der Waals surface area contributed by atoms with Crippen LogP contribution in [-0.4, -0.2) is 36.6 Å². The molecule has 6 heteroatoms. The summed E-state index contributed by atoms with van der Waals surface area (Å²) in [6, 6.07) is 4.22. The first-order valence-electron chi connectivity index (χ1n) is 5.57. The first-order chi connectivity index (χ1) is 8.15. The van der Waals surface area contributed by atoms with E-state index in [0.717, 1.165) is 18.9 Å². The number of nitrogens with zero attached hydrogens (tertiary/aromatic N) is 3. The van der Waals surface area contributed by atoms with Crippen LogP contribution in [0.5, 0.6) is 0 Å². The van der Waals surface area contributed by atoms with Gasteiger partial charge in [0.15, 0.2) is 5.96 Å². The molecule has 1 aliphatic rings. The van der Waals surface area contributed by atoms with Crippen LogP contribution in [0.25, 0.3) is 0 Å². The Balaban J connectivity index is 1.90. The van der Waals surface area contributed by atoms with Crippen LogP contribution >= 0.6 is 11.3 Å². The molecule has 0 fully saturated rings. The summed E-state index contributed by atoms with van der Waals surface area (Å²) in [5.41, 5.74) is 5.68. The SMILES string of the molecule is CC1N=C(N)NC(N(C)CCc2cccs2)=N1. The van der Waals surface area contributed by atoms with Crippen LogP contribution in [0, 0.1) is 0 Å². The van der Waals surface area contributed by atoms with Gasteiger partial charge in [0.05, 0.1) is 0 Å². The molecule has 1 aliphatic heterocycles. The van der Waals surface area contributed by atoms with Crippen molar-refractivity contribution in [1.82, 2.24) is 10.2 Å². The van der Waals surface area contributed by atoms with Crippen LogP contribution in [-0.2, 0) is 6.42 Å². The number of nitrogens with one attached hydrogen (secondary N) is 1. The molecule has 0 spiro atoms. The van der Waals surface area contributed by atoms with E-state index in [2.05, 4.69) is 37.7 Å². The fourth-order valence-electron chi connectivity index (χ4n) is 1.62. The minimum atomic E-state index is -0.101. The highest BCUT2D eigenvalue weighted by atomic mass is 32.1. The summed E-state index contributed by atoms with van der Waals surface area (Å²) in [5.74, 6) is 1.23. The number of likely N-dealkylation sites (N-methyl/N-ethyl adjacent to an activating group) is 1. The molecule has 2 heterocycles. The molecule has 0 saturated carbocycles. The third-order valence-corrected chi connectivity index (χ3v) is 3.45. The molecule has 0 saturated heterocycles. The molecule has 0 bridgehead atoms. The van der Waals surface area contributed by atoms with Crippen molar-refractivity contribution in [2.75, 3.05) is 13.6 Å². The van der Waals surface area contributed by atoms with Gasteiger partial charge in [-0.25, -0.2) is 9.98 Å². The second kappa shape index (κ2) is 5.18. The zero-order valence-electron chi connectivity index (χ0n) is 10.1. The van der Waals surface area contributed by atoms with Gasteiger partial charge in [-0.2, -0.15) is 0 Å². The Morgan fingerprint density at radius 1 is 1.53 bits per heavy atom. The van der Waals surface area contributed by atoms with E-state index in [1.807, 2.05) is 14.0 Å². The Hall–Kier alpha value is -1.56. The Morgan fingerprint density at radius 2 is 2.35 bits per heavy atom. The summed E-state index contributed by atoms with van der Waals surface area (Å²) in [6.45, 7) is 2.83. The van der Waals surface area contributed by atoms with Crippen molar-refractivity contribution in [3.63, 3.8) is 0 Å². The van der Waals surface area contributed by atoms with Crippen LogP contribution in [0.3, 0.4) is 0 Å². The number of hydrogen-bond donors (Lipinski definition) is 2. The molecule has 0 aliphatic carbocycles. The van der Waals surface area contributed by atoms with Gasteiger partial charge < -0.3 is 10.6 Å². The Kier molecular flexibility index (Phi) is 3.63. The molecule has 17 heavy (non-hydrogen) atoms. The number of nitrogens with two attached hydrogens (primary N) is 1. The largest absolute Gasteiger partial charge is 0.370 e. The van der Waals surface area contributed by atoms with Gasteiger partial charge in [0, 0.05) is 18.5 Å². The van der Waals surface area contributed by atoms with E-state index < -0.39 is 0 Å². The van der Waals surface area contributed by atoms with E-state index in [1.165, 1.54) is 4.88 Å². The lowest BCUT2D eigenvalue weighted by Crippen LogP contribution is -2.49. The molecular weight excluding hydrogens is 234 g/mol. The molecule has 3 N–H and O–H groups in total. The van der Waals surface area contributed by atoms with Crippen LogP contribution < -0.4 is 11.1 Å². The summed E-state index contributed by atoms with van der Waals surface area (Å²) in [7, 11) is 2.00. The van der Waals surface area contributed by atoms with E-state index in [0.29, 0.717) is 5.96 Å². The Bertz CT molecular complexity index is 423. The van der Waals surface area contributed by atoms with Gasteiger partial charge in [-0.05, 0) is 24.8 Å². The Labute approximate surface area is 105 Å². The lowest BCUT2D eigenvalue weighted by Gasteiger charge is -2.25. The zero-order chi connectivity index (χ0) is 12.3. The van der Waals surface area contributed by atoms with Gasteiger partial charge in [0.1, 0.15) is 6.17 Å². The van der Waals surface area contributed by atoms with Crippen LogP contribution in [0.15, 0.2) is 27.5 Å². The van der Waals surface area contributed by atoms with Crippen LogP contribution in [0.4, 0.5) is 0 Å². The van der Waals surface area contributed by atoms with E-state index >= 15 is 0 Å². The summed E-state index contributed by atoms with van der Waals surface area (Å²) in [4.78, 5) is 11.9. The van der Waals surface area contributed by atoms with E-state index in [4.69, 9.17) is 5.73 Å². The second-order valence-electron chi connectivity index (χ2n) is 3.97. The van der Waals surface area contributed by atoms with Crippen molar-refractivity contribution >= 4 is 23.3 Å². The second-order valence-corrected chi connectivity index (χ2v) is 5.01. The lowest BCUT2D eigenvalue weighted by molar-refractivity contribution is 0.488. The van der Waals surface area contributed by atoms with Crippen molar-refractivity contribution < 1.29 is 0 Å². The normalized spacial score (nSPS) is 19.3. The van der Waals surface area contributed by atoms with Crippen LogP contribution in [0.1, 0.15) is 11.8 Å². The molecule has 92 valence electrons. The summed E-state index contributed by atoms with van der Waals surface area (Å²) < 4.78 is 0. The maximum Gasteiger partial charge on any atom is 0.202 e. The molecule has 0 amide bonds. The lowest BCUT2D eigenvalue weighted by atomic mass is 10.3. The summed E-state index contributed by atoms with van der Waals surface area (Å²) in [5, 5.41) is 5.08. The number of hydrogen-bond acceptors (Lipinski definition) is 6.